The van der Waals surface area contributed by atoms with Gasteiger partial charge in [-0.2, -0.15) is 0 Å². The zero-order valence-electron chi connectivity index (χ0n) is 15.4. The Labute approximate surface area is 163 Å². The molecule has 0 bridgehead atoms. The van der Waals surface area contributed by atoms with Crippen molar-refractivity contribution in [2.45, 2.75) is 24.9 Å². The Morgan fingerprint density at radius 3 is 2.59 bits per heavy atom. The number of carbonyl (C=O) groups is 1. The summed E-state index contributed by atoms with van der Waals surface area (Å²) < 4.78 is 7.67. The number of hydrogen-bond acceptors (Lipinski definition) is 4. The Kier molecular flexibility index (Phi) is 5.34. The van der Waals surface area contributed by atoms with Crippen LogP contribution < -0.4 is 4.74 Å². The molecule has 27 heavy (non-hydrogen) atoms. The van der Waals surface area contributed by atoms with E-state index in [4.69, 9.17) is 9.72 Å². The lowest BCUT2D eigenvalue weighted by molar-refractivity contribution is -0.127. The summed E-state index contributed by atoms with van der Waals surface area (Å²) in [7, 11) is 0. The molecule has 1 fully saturated rings. The highest BCUT2D eigenvalue weighted by Crippen LogP contribution is 2.29. The molecule has 0 spiro atoms. The Hall–Kier alpha value is -2.47. The van der Waals surface area contributed by atoms with Gasteiger partial charge >= 0.3 is 0 Å². The van der Waals surface area contributed by atoms with Crippen LogP contribution in [0.2, 0.25) is 0 Å². The first-order valence-corrected chi connectivity index (χ1v) is 10.4. The number of rotatable bonds is 6. The van der Waals surface area contributed by atoms with Gasteiger partial charge in [0, 0.05) is 18.8 Å². The number of imidazole rings is 1. The van der Waals surface area contributed by atoms with Crippen molar-refractivity contribution in [3.8, 4) is 11.4 Å². The summed E-state index contributed by atoms with van der Waals surface area (Å²) in [5.41, 5.74) is 2.99. The van der Waals surface area contributed by atoms with Gasteiger partial charge in [0.25, 0.3) is 0 Å². The maximum Gasteiger partial charge on any atom is 0.233 e. The Bertz CT molecular complexity index is 930. The first-order valence-electron chi connectivity index (χ1n) is 9.37. The van der Waals surface area contributed by atoms with Gasteiger partial charge in [0.2, 0.25) is 5.91 Å². The minimum atomic E-state index is 0.197. The highest BCUT2D eigenvalue weighted by molar-refractivity contribution is 7.99. The van der Waals surface area contributed by atoms with Crippen LogP contribution in [0.3, 0.4) is 0 Å². The molecule has 0 atom stereocenters. The summed E-state index contributed by atoms with van der Waals surface area (Å²) in [6.45, 7) is 4.39. The standard InChI is InChI=1S/C21H23N3O2S/c1-2-26-17-11-9-16(10-12-17)24-19-8-4-3-7-18(19)22-21(24)27-15-20(25)23-13-5-6-14-23/h3-4,7-12H,2,5-6,13-15H2,1H3. The quantitative estimate of drug-likeness (QED) is 0.602. The number of hydrogen-bond donors (Lipinski definition) is 0. The molecule has 0 unspecified atom stereocenters. The van der Waals surface area contributed by atoms with E-state index < -0.39 is 0 Å². The average molecular weight is 382 g/mol. The lowest BCUT2D eigenvalue weighted by Gasteiger charge is -2.15. The van der Waals surface area contributed by atoms with Crippen molar-refractivity contribution < 1.29 is 9.53 Å². The molecule has 1 amide bonds. The first-order chi connectivity index (χ1) is 13.3. The second kappa shape index (κ2) is 8.05. The van der Waals surface area contributed by atoms with Gasteiger partial charge < -0.3 is 9.64 Å². The van der Waals surface area contributed by atoms with E-state index in [-0.39, 0.29) is 5.91 Å². The number of amides is 1. The van der Waals surface area contributed by atoms with Crippen molar-refractivity contribution >= 4 is 28.7 Å². The van der Waals surface area contributed by atoms with Gasteiger partial charge in [0.1, 0.15) is 5.75 Å². The van der Waals surface area contributed by atoms with Crippen molar-refractivity contribution in [3.05, 3.63) is 48.5 Å². The lowest BCUT2D eigenvalue weighted by atomic mass is 10.2. The van der Waals surface area contributed by atoms with Gasteiger partial charge in [-0.05, 0) is 56.2 Å². The number of thioether (sulfide) groups is 1. The fourth-order valence-electron chi connectivity index (χ4n) is 3.39. The SMILES string of the molecule is CCOc1ccc(-n2c(SCC(=O)N3CCCC3)nc3ccccc32)cc1. The lowest BCUT2D eigenvalue weighted by Crippen LogP contribution is -2.29. The molecule has 0 saturated carbocycles. The molecule has 0 N–H and O–H groups in total. The Morgan fingerprint density at radius 2 is 1.85 bits per heavy atom. The van der Waals surface area contributed by atoms with Crippen molar-refractivity contribution in [3.63, 3.8) is 0 Å². The molecule has 0 aliphatic carbocycles. The van der Waals surface area contributed by atoms with Crippen LogP contribution in [-0.4, -0.2) is 45.8 Å². The van der Waals surface area contributed by atoms with E-state index in [0.717, 1.165) is 53.6 Å². The summed E-state index contributed by atoms with van der Waals surface area (Å²) in [6.07, 6.45) is 2.22. The predicted octanol–water partition coefficient (Wildman–Crippen LogP) is 4.14. The maximum absolute atomic E-state index is 12.4. The number of aromatic nitrogens is 2. The molecule has 6 heteroatoms. The van der Waals surface area contributed by atoms with E-state index in [1.807, 2.05) is 54.3 Å². The van der Waals surface area contributed by atoms with Crippen molar-refractivity contribution in [1.82, 2.24) is 14.5 Å². The number of nitrogens with zero attached hydrogens (tertiary/aromatic N) is 3. The number of ether oxygens (including phenoxy) is 1. The molecule has 1 aromatic heterocycles. The van der Waals surface area contributed by atoms with Crippen molar-refractivity contribution in [2.75, 3.05) is 25.4 Å². The Balaban J connectivity index is 1.63. The van der Waals surface area contributed by atoms with Gasteiger partial charge in [0.05, 0.1) is 23.4 Å². The number of benzene rings is 2. The summed E-state index contributed by atoms with van der Waals surface area (Å²) in [6, 6.07) is 16.1. The van der Waals surface area contributed by atoms with Crippen LogP contribution in [0.25, 0.3) is 16.7 Å². The van der Waals surface area contributed by atoms with Crippen LogP contribution in [-0.2, 0) is 4.79 Å². The fourth-order valence-corrected chi connectivity index (χ4v) is 4.32. The smallest absolute Gasteiger partial charge is 0.233 e. The second-order valence-corrected chi connectivity index (χ2v) is 7.46. The van der Waals surface area contributed by atoms with Gasteiger partial charge in [0.15, 0.2) is 5.16 Å². The van der Waals surface area contributed by atoms with E-state index >= 15 is 0 Å². The van der Waals surface area contributed by atoms with E-state index in [9.17, 15) is 4.79 Å². The molecule has 3 aromatic rings. The van der Waals surface area contributed by atoms with Crippen molar-refractivity contribution in [1.29, 1.82) is 0 Å². The topological polar surface area (TPSA) is 47.4 Å². The zero-order valence-corrected chi connectivity index (χ0v) is 16.2. The monoisotopic (exact) mass is 381 g/mol. The highest BCUT2D eigenvalue weighted by Gasteiger charge is 2.20. The van der Waals surface area contributed by atoms with E-state index in [1.54, 1.807) is 0 Å². The summed E-state index contributed by atoms with van der Waals surface area (Å²) in [4.78, 5) is 19.2. The van der Waals surface area contributed by atoms with Crippen molar-refractivity contribution in [2.24, 2.45) is 0 Å². The molecule has 4 rings (SSSR count). The van der Waals surface area contributed by atoms with Crippen LogP contribution in [0.5, 0.6) is 5.75 Å². The van der Waals surface area contributed by atoms with Crippen LogP contribution in [0.1, 0.15) is 19.8 Å². The molecule has 2 aromatic carbocycles. The molecule has 140 valence electrons. The largest absolute Gasteiger partial charge is 0.494 e. The van der Waals surface area contributed by atoms with E-state index in [2.05, 4.69) is 10.6 Å². The predicted molar refractivity (Wildman–Crippen MR) is 109 cm³/mol. The van der Waals surface area contributed by atoms with E-state index in [0.29, 0.717) is 12.4 Å². The first kappa shape index (κ1) is 17.9. The zero-order chi connectivity index (χ0) is 18.6. The van der Waals surface area contributed by atoms with Gasteiger partial charge in [-0.15, -0.1) is 0 Å². The minimum Gasteiger partial charge on any atom is -0.494 e. The third kappa shape index (κ3) is 3.81. The summed E-state index contributed by atoms with van der Waals surface area (Å²) in [5.74, 6) is 1.47. The number of fused-ring (bicyclic) bond motifs is 1. The number of carbonyl (C=O) groups excluding carboxylic acids is 1. The van der Waals surface area contributed by atoms with Gasteiger partial charge in [-0.1, -0.05) is 23.9 Å². The second-order valence-electron chi connectivity index (χ2n) is 6.52. The molecular weight excluding hydrogens is 358 g/mol. The van der Waals surface area contributed by atoms with Crippen LogP contribution in [0.15, 0.2) is 53.7 Å². The number of para-hydroxylation sites is 2. The maximum atomic E-state index is 12.4. The summed E-state index contributed by atoms with van der Waals surface area (Å²) >= 11 is 1.51. The van der Waals surface area contributed by atoms with E-state index in [1.165, 1.54) is 11.8 Å². The highest BCUT2D eigenvalue weighted by atomic mass is 32.2. The Morgan fingerprint density at radius 1 is 1.11 bits per heavy atom. The third-order valence-electron chi connectivity index (χ3n) is 4.72. The van der Waals surface area contributed by atoms with Gasteiger partial charge in [-0.25, -0.2) is 4.98 Å². The molecule has 0 radical (unpaired) electrons. The van der Waals surface area contributed by atoms with Crippen LogP contribution in [0, 0.1) is 0 Å². The third-order valence-corrected chi connectivity index (χ3v) is 5.64. The molecule has 1 saturated heterocycles. The normalized spacial score (nSPS) is 14.0. The van der Waals surface area contributed by atoms with Gasteiger partial charge in [-0.3, -0.25) is 9.36 Å². The molecular formula is C21H23N3O2S. The van der Waals surface area contributed by atoms with Crippen LogP contribution >= 0.6 is 11.8 Å². The minimum absolute atomic E-state index is 0.197. The molecule has 5 nitrogen and oxygen atoms in total. The summed E-state index contributed by atoms with van der Waals surface area (Å²) in [5, 5.41) is 0.841. The van der Waals surface area contributed by atoms with Crippen LogP contribution in [0.4, 0.5) is 0 Å². The number of likely N-dealkylation sites (tertiary alicyclic amines) is 1. The molecule has 1 aliphatic heterocycles. The molecule has 1 aliphatic rings. The fraction of sp³-hybridized carbons (Fsp3) is 0.333. The molecule has 2 heterocycles. The average Bonchev–Trinajstić information content (AvgIpc) is 3.35.